The third kappa shape index (κ3) is 2.65. The Bertz CT molecular complexity index is 666. The largest absolute Gasteiger partial charge is 0.487 e. The van der Waals surface area contributed by atoms with Crippen LogP contribution in [0.2, 0.25) is 5.02 Å². The summed E-state index contributed by atoms with van der Waals surface area (Å²) in [5.74, 6) is 0.862. The van der Waals surface area contributed by atoms with Gasteiger partial charge in [-0.3, -0.25) is 4.68 Å². The second-order valence-electron chi connectivity index (χ2n) is 5.46. The van der Waals surface area contributed by atoms with Crippen LogP contribution in [-0.4, -0.2) is 9.78 Å². The average Bonchev–Trinajstić information content (AvgIpc) is 2.98. The lowest BCUT2D eigenvalue weighted by molar-refractivity contribution is 0.292. The predicted octanol–water partition coefficient (Wildman–Crippen LogP) is 3.39. The highest BCUT2D eigenvalue weighted by atomic mass is 35.5. The van der Waals surface area contributed by atoms with Gasteiger partial charge in [0.25, 0.3) is 0 Å². The van der Waals surface area contributed by atoms with E-state index in [2.05, 4.69) is 17.2 Å². The van der Waals surface area contributed by atoms with Crippen molar-refractivity contribution in [3.8, 4) is 5.75 Å². The maximum atomic E-state index is 6.29. The first-order chi connectivity index (χ1) is 10.1. The minimum atomic E-state index is 0.174. The van der Waals surface area contributed by atoms with Gasteiger partial charge in [0, 0.05) is 12.6 Å². The van der Waals surface area contributed by atoms with Gasteiger partial charge in [0.2, 0.25) is 0 Å². The molecule has 0 bridgehead atoms. The summed E-state index contributed by atoms with van der Waals surface area (Å²) in [6, 6.07) is 6.33. The summed E-state index contributed by atoms with van der Waals surface area (Å²) >= 11 is 6.29. The predicted molar refractivity (Wildman–Crippen MR) is 83.7 cm³/mol. The zero-order valence-electron chi connectivity index (χ0n) is 12.4. The molecular formula is C16H20ClN3O. The molecule has 1 unspecified atom stereocenters. The van der Waals surface area contributed by atoms with E-state index < -0.39 is 0 Å². The van der Waals surface area contributed by atoms with Crippen LogP contribution in [0.5, 0.6) is 5.75 Å². The molecule has 2 aromatic rings. The lowest BCUT2D eigenvalue weighted by Crippen LogP contribution is -2.07. The van der Waals surface area contributed by atoms with Crippen molar-refractivity contribution in [3.05, 3.63) is 45.7 Å². The zero-order valence-corrected chi connectivity index (χ0v) is 13.2. The number of aromatic nitrogens is 2. The van der Waals surface area contributed by atoms with Gasteiger partial charge in [-0.1, -0.05) is 17.7 Å². The molecule has 1 aliphatic carbocycles. The normalized spacial score (nSPS) is 17.0. The van der Waals surface area contributed by atoms with Crippen molar-refractivity contribution < 1.29 is 4.74 Å². The fourth-order valence-electron chi connectivity index (χ4n) is 2.88. The van der Waals surface area contributed by atoms with Crippen LogP contribution in [0.15, 0.2) is 18.2 Å². The van der Waals surface area contributed by atoms with Crippen LogP contribution in [0.25, 0.3) is 0 Å². The highest BCUT2D eigenvalue weighted by Crippen LogP contribution is 2.32. The van der Waals surface area contributed by atoms with Gasteiger partial charge in [0.15, 0.2) is 0 Å². The molecule has 0 spiro atoms. The quantitative estimate of drug-likeness (QED) is 0.942. The maximum Gasteiger partial charge on any atom is 0.131 e. The van der Waals surface area contributed by atoms with E-state index in [1.165, 1.54) is 11.1 Å². The number of nitrogens with two attached hydrogens (primary N) is 1. The van der Waals surface area contributed by atoms with Gasteiger partial charge in [-0.15, -0.1) is 0 Å². The Labute approximate surface area is 129 Å². The average molecular weight is 306 g/mol. The lowest BCUT2D eigenvalue weighted by atomic mass is 10.1. The third-order valence-corrected chi connectivity index (χ3v) is 4.56. The van der Waals surface area contributed by atoms with Gasteiger partial charge in [-0.25, -0.2) is 0 Å². The molecule has 1 aromatic heterocycles. The Hall–Kier alpha value is -1.52. The fraction of sp³-hybridized carbons (Fsp3) is 0.438. The van der Waals surface area contributed by atoms with Gasteiger partial charge in [0.05, 0.1) is 16.4 Å². The molecule has 1 atom stereocenters. The summed E-state index contributed by atoms with van der Waals surface area (Å²) in [5, 5.41) is 5.09. The number of benzene rings is 1. The Kier molecular flexibility index (Phi) is 3.91. The molecular weight excluding hydrogens is 286 g/mol. The van der Waals surface area contributed by atoms with Gasteiger partial charge >= 0.3 is 0 Å². The van der Waals surface area contributed by atoms with Gasteiger partial charge in [-0.05, 0) is 49.9 Å². The molecule has 0 saturated carbocycles. The number of hydrogen-bond donors (Lipinski definition) is 1. The highest BCUT2D eigenvalue weighted by Gasteiger charge is 2.19. The lowest BCUT2D eigenvalue weighted by Gasteiger charge is -2.10. The van der Waals surface area contributed by atoms with Crippen molar-refractivity contribution in [2.24, 2.45) is 5.73 Å². The number of ether oxygens (including phenoxy) is 1. The fourth-order valence-corrected chi connectivity index (χ4v) is 3.07. The van der Waals surface area contributed by atoms with E-state index in [0.717, 1.165) is 36.5 Å². The third-order valence-electron chi connectivity index (χ3n) is 4.07. The SMILES string of the molecule is CCn1nc(C)c(Cl)c1COc1ccc2c(c1)CCC2N. The van der Waals surface area contributed by atoms with E-state index in [0.29, 0.717) is 11.6 Å². The van der Waals surface area contributed by atoms with Crippen molar-refractivity contribution >= 4 is 11.6 Å². The smallest absolute Gasteiger partial charge is 0.131 e. The Morgan fingerprint density at radius 2 is 2.29 bits per heavy atom. The Morgan fingerprint density at radius 3 is 3.05 bits per heavy atom. The summed E-state index contributed by atoms with van der Waals surface area (Å²) < 4.78 is 7.79. The molecule has 4 nitrogen and oxygen atoms in total. The first-order valence-electron chi connectivity index (χ1n) is 7.33. The van der Waals surface area contributed by atoms with Crippen molar-refractivity contribution in [1.29, 1.82) is 0 Å². The molecule has 0 saturated heterocycles. The van der Waals surface area contributed by atoms with Crippen LogP contribution in [0, 0.1) is 6.92 Å². The molecule has 21 heavy (non-hydrogen) atoms. The topological polar surface area (TPSA) is 53.1 Å². The molecule has 3 rings (SSSR count). The molecule has 0 aliphatic heterocycles. The molecule has 112 valence electrons. The van der Waals surface area contributed by atoms with Crippen molar-refractivity contribution in [3.63, 3.8) is 0 Å². The minimum absolute atomic E-state index is 0.174. The molecule has 0 amide bonds. The molecule has 0 fully saturated rings. The summed E-state index contributed by atoms with van der Waals surface area (Å²) in [4.78, 5) is 0. The second kappa shape index (κ2) is 5.70. The number of halogens is 1. The first kappa shape index (κ1) is 14.4. The number of nitrogens with zero attached hydrogens (tertiary/aromatic N) is 2. The second-order valence-corrected chi connectivity index (χ2v) is 5.83. The molecule has 0 radical (unpaired) electrons. The van der Waals surface area contributed by atoms with Crippen molar-refractivity contribution in [1.82, 2.24) is 9.78 Å². The summed E-state index contributed by atoms with van der Waals surface area (Å²) in [5.41, 5.74) is 10.4. The summed E-state index contributed by atoms with van der Waals surface area (Å²) in [6.45, 7) is 5.17. The molecule has 1 aliphatic rings. The molecule has 5 heteroatoms. The van der Waals surface area contributed by atoms with E-state index in [9.17, 15) is 0 Å². The Morgan fingerprint density at radius 1 is 1.48 bits per heavy atom. The van der Waals surface area contributed by atoms with E-state index in [1.54, 1.807) is 0 Å². The van der Waals surface area contributed by atoms with Crippen LogP contribution in [0.4, 0.5) is 0 Å². The van der Waals surface area contributed by atoms with Crippen LogP contribution in [0.3, 0.4) is 0 Å². The van der Waals surface area contributed by atoms with E-state index in [-0.39, 0.29) is 6.04 Å². The monoisotopic (exact) mass is 305 g/mol. The maximum absolute atomic E-state index is 6.29. The van der Waals surface area contributed by atoms with Gasteiger partial charge in [-0.2, -0.15) is 5.10 Å². The van der Waals surface area contributed by atoms with Gasteiger partial charge < -0.3 is 10.5 Å². The summed E-state index contributed by atoms with van der Waals surface area (Å²) in [6.07, 6.45) is 2.05. The Balaban J connectivity index is 1.77. The molecule has 1 aromatic carbocycles. The summed E-state index contributed by atoms with van der Waals surface area (Å²) in [7, 11) is 0. The number of hydrogen-bond acceptors (Lipinski definition) is 3. The number of aryl methyl sites for hydroxylation is 3. The zero-order chi connectivity index (χ0) is 15.0. The van der Waals surface area contributed by atoms with Crippen LogP contribution >= 0.6 is 11.6 Å². The van der Waals surface area contributed by atoms with E-state index in [1.807, 2.05) is 24.6 Å². The number of rotatable bonds is 4. The number of fused-ring (bicyclic) bond motifs is 1. The van der Waals surface area contributed by atoms with Gasteiger partial charge in [0.1, 0.15) is 12.4 Å². The molecule has 2 N–H and O–H groups in total. The van der Waals surface area contributed by atoms with E-state index >= 15 is 0 Å². The highest BCUT2D eigenvalue weighted by molar-refractivity contribution is 6.31. The molecule has 1 heterocycles. The minimum Gasteiger partial charge on any atom is -0.487 e. The standard InChI is InChI=1S/C16H20ClN3O/c1-3-20-15(16(17)10(2)19-20)9-21-12-5-6-13-11(8-12)4-7-14(13)18/h5-6,8,14H,3-4,7,9,18H2,1-2H3. The van der Waals surface area contributed by atoms with E-state index in [4.69, 9.17) is 22.1 Å². The van der Waals surface area contributed by atoms with Crippen LogP contribution < -0.4 is 10.5 Å². The van der Waals surface area contributed by atoms with Crippen LogP contribution in [-0.2, 0) is 19.6 Å². The van der Waals surface area contributed by atoms with Crippen LogP contribution in [0.1, 0.15) is 41.9 Å². The van der Waals surface area contributed by atoms with Crippen molar-refractivity contribution in [2.75, 3.05) is 0 Å². The first-order valence-corrected chi connectivity index (χ1v) is 7.71. The van der Waals surface area contributed by atoms with Crippen molar-refractivity contribution in [2.45, 2.75) is 45.9 Å².